The molecule has 0 radical (unpaired) electrons. The van der Waals surface area contributed by atoms with Gasteiger partial charge in [0, 0.05) is 38.9 Å². The molecule has 2 aromatic carbocycles. The molecular formula is C39H49N3O8. The molecule has 50 heavy (non-hydrogen) atoms. The number of allylic oxidation sites excluding steroid dienone is 1. The number of aliphatic hydroxyl groups excluding tert-OH is 1. The molecule has 2 N–H and O–H groups in total. The molecule has 5 rings (SSSR count). The number of amides is 3. The number of para-hydroxylation sites is 1. The van der Waals surface area contributed by atoms with Crippen molar-refractivity contribution < 1.29 is 38.5 Å². The monoisotopic (exact) mass is 687 g/mol. The lowest BCUT2D eigenvalue weighted by Gasteiger charge is -2.37. The minimum absolute atomic E-state index is 0.0620. The third-order valence-corrected chi connectivity index (χ3v) is 10.2. The highest BCUT2D eigenvalue weighted by Crippen LogP contribution is 2.59. The van der Waals surface area contributed by atoms with E-state index in [9.17, 15) is 24.3 Å². The van der Waals surface area contributed by atoms with Crippen molar-refractivity contribution in [2.75, 3.05) is 38.3 Å². The van der Waals surface area contributed by atoms with E-state index in [1.54, 1.807) is 17.1 Å². The Kier molecular flexibility index (Phi) is 11.9. The number of rotatable bonds is 17. The third-order valence-electron chi connectivity index (χ3n) is 10.2. The van der Waals surface area contributed by atoms with Crippen molar-refractivity contribution >= 4 is 29.4 Å². The van der Waals surface area contributed by atoms with Gasteiger partial charge in [0.25, 0.3) is 5.91 Å². The van der Waals surface area contributed by atoms with Crippen molar-refractivity contribution in [3.05, 3.63) is 90.5 Å². The summed E-state index contributed by atoms with van der Waals surface area (Å²) >= 11 is 0. The van der Waals surface area contributed by atoms with Gasteiger partial charge in [-0.15, -0.1) is 13.2 Å². The van der Waals surface area contributed by atoms with E-state index in [0.29, 0.717) is 24.8 Å². The predicted molar refractivity (Wildman–Crippen MR) is 188 cm³/mol. The molecule has 1 spiro atoms. The van der Waals surface area contributed by atoms with Crippen LogP contribution in [-0.4, -0.2) is 90.9 Å². The third kappa shape index (κ3) is 6.99. The maximum Gasteiger partial charge on any atom is 0.313 e. The number of ether oxygens (including phenoxy) is 3. The lowest BCUT2D eigenvalue weighted by atomic mass is 9.70. The first-order valence-electron chi connectivity index (χ1n) is 17.4. The zero-order chi connectivity index (χ0) is 36.0. The van der Waals surface area contributed by atoms with Crippen LogP contribution >= 0.6 is 0 Å². The molecule has 0 aliphatic carbocycles. The minimum atomic E-state index is -1.26. The second-order valence-electron chi connectivity index (χ2n) is 13.4. The number of esters is 1. The fourth-order valence-electron chi connectivity index (χ4n) is 8.11. The van der Waals surface area contributed by atoms with Crippen LogP contribution in [0.5, 0.6) is 0 Å². The number of aryl methyl sites for hydroxylation is 2. The molecule has 3 fully saturated rings. The Hall–Kier alpha value is -4.32. The number of aliphatic hydroxyl groups is 1. The Balaban J connectivity index is 1.50. The first kappa shape index (κ1) is 36.9. The van der Waals surface area contributed by atoms with E-state index >= 15 is 0 Å². The number of carbonyl (C=O) groups excluding carboxylic acids is 4. The van der Waals surface area contributed by atoms with Gasteiger partial charge in [-0.3, -0.25) is 19.2 Å². The zero-order valence-electron chi connectivity index (χ0n) is 29.2. The van der Waals surface area contributed by atoms with Gasteiger partial charge in [0.05, 0.1) is 30.6 Å². The van der Waals surface area contributed by atoms with Crippen LogP contribution in [0.2, 0.25) is 0 Å². The molecule has 3 aliphatic rings. The Morgan fingerprint density at radius 1 is 1.12 bits per heavy atom. The molecule has 0 saturated carbocycles. The number of likely N-dealkylation sites (tertiary alicyclic amines) is 1. The van der Waals surface area contributed by atoms with Crippen LogP contribution < -0.4 is 10.2 Å². The van der Waals surface area contributed by atoms with Crippen molar-refractivity contribution in [3.8, 4) is 0 Å². The topological polar surface area (TPSA) is 135 Å². The van der Waals surface area contributed by atoms with Crippen molar-refractivity contribution in [3.63, 3.8) is 0 Å². The van der Waals surface area contributed by atoms with Crippen LogP contribution in [0.25, 0.3) is 0 Å². The van der Waals surface area contributed by atoms with Crippen molar-refractivity contribution in [2.45, 2.75) is 75.8 Å². The molecule has 268 valence electrons. The number of nitrogens with one attached hydrogen (secondary N) is 1. The standard InChI is InChI=1S/C39H49N3O8/c1-6-8-18-30(44)40-28(24-48-5)34(27-16-10-9-11-17-27)49-38(47)31-29-19-20-39(50-29)32(31)36(45)42(22-13-23-43)35(39)37(46)41(21-7-2)33-25(3)14-12-15-26(33)4/h6-7,9-12,14-17,28-29,31-32,34-35,43H,1-2,8,13,18-24H2,3-5H3,(H,40,44)/t28-,29+,31-,32-,34-,35+,39-/m1/s1. The van der Waals surface area contributed by atoms with Crippen LogP contribution in [0.15, 0.2) is 73.8 Å². The number of nitrogens with zero attached hydrogens (tertiary/aromatic N) is 2. The van der Waals surface area contributed by atoms with Crippen molar-refractivity contribution in [2.24, 2.45) is 11.8 Å². The lowest BCUT2D eigenvalue weighted by molar-refractivity contribution is -0.163. The summed E-state index contributed by atoms with van der Waals surface area (Å²) in [5.41, 5.74) is 1.91. The zero-order valence-corrected chi connectivity index (χ0v) is 29.2. The molecule has 2 aromatic rings. The number of fused-ring (bicyclic) bond motifs is 1. The summed E-state index contributed by atoms with van der Waals surface area (Å²) in [7, 11) is 1.50. The largest absolute Gasteiger partial charge is 0.455 e. The lowest BCUT2D eigenvalue weighted by Crippen LogP contribution is -2.56. The summed E-state index contributed by atoms with van der Waals surface area (Å²) in [6.45, 7) is 11.7. The van der Waals surface area contributed by atoms with Crippen LogP contribution in [0.1, 0.15) is 54.9 Å². The first-order chi connectivity index (χ1) is 24.1. The second kappa shape index (κ2) is 16.1. The SMILES string of the molecule is C=CCCC(=O)N[C@H](COC)[C@H](OC(=O)[C@@H]1[C@@H]2CC[C@]3(O2)[C@H](C(=O)N(CC=C)c2c(C)cccc2C)N(CCCO)C(=O)[C@@H]13)c1ccccc1. The molecule has 11 nitrogen and oxygen atoms in total. The van der Waals surface area contributed by atoms with Gasteiger partial charge in [0.15, 0.2) is 0 Å². The number of benzene rings is 2. The fraction of sp³-hybridized carbons (Fsp3) is 0.487. The molecular weight excluding hydrogens is 638 g/mol. The minimum Gasteiger partial charge on any atom is -0.455 e. The van der Waals surface area contributed by atoms with Crippen LogP contribution in [0, 0.1) is 25.7 Å². The average Bonchev–Trinajstić information content (AvgIpc) is 3.75. The molecule has 0 unspecified atom stereocenters. The van der Waals surface area contributed by atoms with Gasteiger partial charge in [0.1, 0.15) is 17.7 Å². The molecule has 7 atom stereocenters. The normalized spacial score (nSPS) is 24.7. The van der Waals surface area contributed by atoms with E-state index in [1.165, 1.54) is 12.0 Å². The summed E-state index contributed by atoms with van der Waals surface area (Å²) < 4.78 is 18.4. The van der Waals surface area contributed by atoms with E-state index in [4.69, 9.17) is 14.2 Å². The summed E-state index contributed by atoms with van der Waals surface area (Å²) in [6.07, 6.45) is 3.55. The fourth-order valence-corrected chi connectivity index (χ4v) is 8.11. The van der Waals surface area contributed by atoms with Gasteiger partial charge < -0.3 is 34.4 Å². The second-order valence-corrected chi connectivity index (χ2v) is 13.4. The number of carbonyl (C=O) groups is 4. The summed E-state index contributed by atoms with van der Waals surface area (Å²) in [5.74, 6) is -3.53. The van der Waals surface area contributed by atoms with Crippen molar-refractivity contribution in [1.29, 1.82) is 0 Å². The Labute approximate surface area is 294 Å². The summed E-state index contributed by atoms with van der Waals surface area (Å²) in [4.78, 5) is 59.7. The maximum absolute atomic E-state index is 14.8. The Morgan fingerprint density at radius 2 is 1.84 bits per heavy atom. The summed E-state index contributed by atoms with van der Waals surface area (Å²) in [5, 5.41) is 12.7. The molecule has 3 amide bonds. The molecule has 3 heterocycles. The number of hydrogen-bond acceptors (Lipinski definition) is 8. The van der Waals surface area contributed by atoms with Crippen LogP contribution in [-0.2, 0) is 33.4 Å². The molecule has 2 bridgehead atoms. The van der Waals surface area contributed by atoms with Gasteiger partial charge in [-0.05, 0) is 56.2 Å². The summed E-state index contributed by atoms with van der Waals surface area (Å²) in [6, 6.07) is 13.1. The van der Waals surface area contributed by atoms with Crippen LogP contribution in [0.4, 0.5) is 5.69 Å². The van der Waals surface area contributed by atoms with Crippen LogP contribution in [0.3, 0.4) is 0 Å². The highest BCUT2D eigenvalue weighted by molar-refractivity contribution is 6.05. The van der Waals surface area contributed by atoms with E-state index in [1.807, 2.05) is 62.4 Å². The number of methoxy groups -OCH3 is 1. The van der Waals surface area contributed by atoms with Gasteiger partial charge in [0.2, 0.25) is 11.8 Å². The molecule has 0 aromatic heterocycles. The predicted octanol–water partition coefficient (Wildman–Crippen LogP) is 3.96. The number of hydrogen-bond donors (Lipinski definition) is 2. The molecule has 3 aliphatic heterocycles. The quantitative estimate of drug-likeness (QED) is 0.189. The van der Waals surface area contributed by atoms with Gasteiger partial charge in [-0.1, -0.05) is 60.7 Å². The highest BCUT2D eigenvalue weighted by Gasteiger charge is 2.75. The highest BCUT2D eigenvalue weighted by atomic mass is 16.6. The van der Waals surface area contributed by atoms with E-state index in [-0.39, 0.29) is 56.9 Å². The van der Waals surface area contributed by atoms with E-state index < -0.39 is 47.7 Å². The molecule has 11 heteroatoms. The number of anilines is 1. The van der Waals surface area contributed by atoms with E-state index in [0.717, 1.165) is 16.8 Å². The smallest absolute Gasteiger partial charge is 0.313 e. The van der Waals surface area contributed by atoms with Crippen molar-refractivity contribution in [1.82, 2.24) is 10.2 Å². The van der Waals surface area contributed by atoms with Gasteiger partial charge >= 0.3 is 5.97 Å². The maximum atomic E-state index is 14.8. The van der Waals surface area contributed by atoms with E-state index in [2.05, 4.69) is 18.5 Å². The first-order valence-corrected chi connectivity index (χ1v) is 17.4. The average molecular weight is 688 g/mol. The Bertz CT molecular complexity index is 1560. The Morgan fingerprint density at radius 3 is 2.48 bits per heavy atom. The molecule has 3 saturated heterocycles. The van der Waals surface area contributed by atoms with Gasteiger partial charge in [-0.2, -0.15) is 0 Å². The van der Waals surface area contributed by atoms with Gasteiger partial charge in [-0.25, -0.2) is 0 Å².